The lowest BCUT2D eigenvalue weighted by Crippen LogP contribution is -2.40. The van der Waals surface area contributed by atoms with Crippen molar-refractivity contribution in [3.63, 3.8) is 0 Å². The highest BCUT2D eigenvalue weighted by Gasteiger charge is 2.15. The molecule has 2 N–H and O–H groups in total. The summed E-state index contributed by atoms with van der Waals surface area (Å²) in [5.74, 6) is 1.25. The zero-order valence-corrected chi connectivity index (χ0v) is 12.3. The lowest BCUT2D eigenvalue weighted by molar-refractivity contribution is 0.166. The van der Waals surface area contributed by atoms with Gasteiger partial charge in [-0.25, -0.2) is 9.78 Å². The lowest BCUT2D eigenvalue weighted by atomic mass is 10.2. The van der Waals surface area contributed by atoms with Gasteiger partial charge in [-0.3, -0.25) is 0 Å². The molecule has 1 aromatic carbocycles. The van der Waals surface area contributed by atoms with Crippen LogP contribution in [0, 0.1) is 6.92 Å². The van der Waals surface area contributed by atoms with Gasteiger partial charge in [0, 0.05) is 18.3 Å². The van der Waals surface area contributed by atoms with Crippen LogP contribution < -0.4 is 5.32 Å². The largest absolute Gasteiger partial charge is 0.441 e. The third-order valence-corrected chi connectivity index (χ3v) is 3.23. The minimum Gasteiger partial charge on any atom is -0.441 e. The fourth-order valence-electron chi connectivity index (χ4n) is 1.75. The van der Waals surface area contributed by atoms with Gasteiger partial charge in [0.05, 0.1) is 18.8 Å². The number of aliphatic hydroxyl groups is 1. The molecular formula is C15H19N3O3. The predicted molar refractivity (Wildman–Crippen MR) is 80.0 cm³/mol. The molecule has 1 aromatic heterocycles. The first-order valence-electron chi connectivity index (χ1n) is 6.69. The van der Waals surface area contributed by atoms with E-state index in [-0.39, 0.29) is 18.7 Å². The molecule has 1 unspecified atom stereocenters. The highest BCUT2D eigenvalue weighted by molar-refractivity contribution is 5.90. The van der Waals surface area contributed by atoms with Crippen molar-refractivity contribution in [1.82, 2.24) is 9.88 Å². The molecule has 0 fully saturated rings. The number of aliphatic hydroxyl groups excluding tert-OH is 1. The van der Waals surface area contributed by atoms with Gasteiger partial charge in [-0.2, -0.15) is 0 Å². The van der Waals surface area contributed by atoms with Crippen LogP contribution in [0.4, 0.5) is 10.5 Å². The van der Waals surface area contributed by atoms with Gasteiger partial charge >= 0.3 is 6.03 Å². The molecule has 2 rings (SSSR count). The van der Waals surface area contributed by atoms with Crippen LogP contribution in [0.25, 0.3) is 11.5 Å². The van der Waals surface area contributed by atoms with Crippen LogP contribution in [-0.2, 0) is 0 Å². The zero-order valence-electron chi connectivity index (χ0n) is 12.3. The number of hydrogen-bond acceptors (Lipinski definition) is 4. The van der Waals surface area contributed by atoms with E-state index in [0.29, 0.717) is 11.6 Å². The molecular weight excluding hydrogens is 270 g/mol. The first-order chi connectivity index (χ1) is 10.0. The third-order valence-electron chi connectivity index (χ3n) is 3.23. The Hall–Kier alpha value is -2.34. The first-order valence-corrected chi connectivity index (χ1v) is 6.69. The SMILES string of the molecule is Cc1cnc(-c2cccc(NC(=O)N(C)C(C)CO)c2)o1. The zero-order chi connectivity index (χ0) is 15.4. The van der Waals surface area contributed by atoms with Gasteiger partial charge in [0.2, 0.25) is 5.89 Å². The van der Waals surface area contributed by atoms with Crippen molar-refractivity contribution in [3.8, 4) is 11.5 Å². The number of nitrogens with one attached hydrogen (secondary N) is 1. The Labute approximate surface area is 123 Å². The Morgan fingerprint density at radius 2 is 2.29 bits per heavy atom. The second-order valence-corrected chi connectivity index (χ2v) is 4.93. The van der Waals surface area contributed by atoms with Crippen LogP contribution in [0.5, 0.6) is 0 Å². The summed E-state index contributed by atoms with van der Waals surface area (Å²) in [5.41, 5.74) is 1.43. The van der Waals surface area contributed by atoms with E-state index in [1.54, 1.807) is 32.3 Å². The van der Waals surface area contributed by atoms with Crippen molar-refractivity contribution < 1.29 is 14.3 Å². The number of amides is 2. The van der Waals surface area contributed by atoms with Gasteiger partial charge in [-0.15, -0.1) is 0 Å². The topological polar surface area (TPSA) is 78.6 Å². The van der Waals surface area contributed by atoms with E-state index in [1.807, 2.05) is 19.1 Å². The van der Waals surface area contributed by atoms with E-state index in [1.165, 1.54) is 4.90 Å². The maximum absolute atomic E-state index is 12.0. The van der Waals surface area contributed by atoms with Crippen molar-refractivity contribution >= 4 is 11.7 Å². The summed E-state index contributed by atoms with van der Waals surface area (Å²) in [6.45, 7) is 3.51. The van der Waals surface area contributed by atoms with Crippen LogP contribution in [0.2, 0.25) is 0 Å². The minimum absolute atomic E-state index is 0.0838. The number of aryl methyl sites for hydroxylation is 1. The van der Waals surface area contributed by atoms with Crippen molar-refractivity contribution in [2.24, 2.45) is 0 Å². The highest BCUT2D eigenvalue weighted by atomic mass is 16.4. The summed E-state index contributed by atoms with van der Waals surface area (Å²) in [7, 11) is 1.64. The Bertz CT molecular complexity index is 624. The number of hydrogen-bond donors (Lipinski definition) is 2. The molecule has 1 atom stereocenters. The molecule has 6 heteroatoms. The number of benzene rings is 1. The standard InChI is InChI=1S/C15H19N3O3/c1-10(9-19)18(3)15(20)17-13-6-4-5-12(7-13)14-16-8-11(2)21-14/h4-8,10,19H,9H2,1-3H3,(H,17,20). The van der Waals surface area contributed by atoms with Crippen molar-refractivity contribution in [1.29, 1.82) is 0 Å². The smallest absolute Gasteiger partial charge is 0.321 e. The van der Waals surface area contributed by atoms with E-state index < -0.39 is 0 Å². The van der Waals surface area contributed by atoms with Crippen molar-refractivity contribution in [2.45, 2.75) is 19.9 Å². The van der Waals surface area contributed by atoms with Gasteiger partial charge in [0.25, 0.3) is 0 Å². The summed E-state index contributed by atoms with van der Waals surface area (Å²) in [4.78, 5) is 17.6. The van der Waals surface area contributed by atoms with Crippen LogP contribution in [0.1, 0.15) is 12.7 Å². The molecule has 0 saturated heterocycles. The summed E-state index contributed by atoms with van der Waals surface area (Å²) >= 11 is 0. The molecule has 6 nitrogen and oxygen atoms in total. The Morgan fingerprint density at radius 3 is 2.90 bits per heavy atom. The molecule has 0 saturated carbocycles. The number of carbonyl (C=O) groups is 1. The molecule has 112 valence electrons. The molecule has 0 aliphatic carbocycles. The summed E-state index contributed by atoms with van der Waals surface area (Å²) in [6.07, 6.45) is 1.65. The average molecular weight is 289 g/mol. The number of rotatable bonds is 4. The Kier molecular flexibility index (Phi) is 4.59. The summed E-state index contributed by atoms with van der Waals surface area (Å²) in [6, 6.07) is 6.73. The van der Waals surface area contributed by atoms with Gasteiger partial charge in [-0.1, -0.05) is 6.07 Å². The number of oxazole rings is 1. The average Bonchev–Trinajstić information content (AvgIpc) is 2.92. The van der Waals surface area contributed by atoms with Crippen molar-refractivity contribution in [3.05, 3.63) is 36.2 Å². The highest BCUT2D eigenvalue weighted by Crippen LogP contribution is 2.22. The third kappa shape index (κ3) is 3.61. The van der Waals surface area contributed by atoms with E-state index in [9.17, 15) is 4.79 Å². The fourth-order valence-corrected chi connectivity index (χ4v) is 1.75. The minimum atomic E-state index is -0.280. The number of anilines is 1. The van der Waals surface area contributed by atoms with Crippen LogP contribution in [-0.4, -0.2) is 40.7 Å². The summed E-state index contributed by atoms with van der Waals surface area (Å²) < 4.78 is 5.47. The van der Waals surface area contributed by atoms with Gasteiger partial charge in [-0.05, 0) is 32.0 Å². The monoisotopic (exact) mass is 289 g/mol. The number of urea groups is 1. The molecule has 0 aliphatic rings. The normalized spacial score (nSPS) is 12.0. The van der Waals surface area contributed by atoms with E-state index in [2.05, 4.69) is 10.3 Å². The Morgan fingerprint density at radius 1 is 1.52 bits per heavy atom. The van der Waals surface area contributed by atoms with Crippen molar-refractivity contribution in [2.75, 3.05) is 19.0 Å². The molecule has 2 aromatic rings. The summed E-state index contributed by atoms with van der Waals surface area (Å²) in [5, 5.41) is 11.9. The number of aromatic nitrogens is 1. The molecule has 21 heavy (non-hydrogen) atoms. The second-order valence-electron chi connectivity index (χ2n) is 4.93. The van der Waals surface area contributed by atoms with Crippen LogP contribution in [0.3, 0.4) is 0 Å². The number of carbonyl (C=O) groups excluding carboxylic acids is 1. The van der Waals surface area contributed by atoms with Gasteiger partial charge in [0.15, 0.2) is 0 Å². The molecule has 0 spiro atoms. The maximum Gasteiger partial charge on any atom is 0.321 e. The maximum atomic E-state index is 12.0. The van der Waals surface area contributed by atoms with E-state index in [4.69, 9.17) is 9.52 Å². The van der Waals surface area contributed by atoms with E-state index >= 15 is 0 Å². The van der Waals surface area contributed by atoms with Gasteiger partial charge < -0.3 is 19.7 Å². The lowest BCUT2D eigenvalue weighted by Gasteiger charge is -2.23. The number of likely N-dealkylation sites (N-methyl/N-ethyl adjacent to an activating group) is 1. The Balaban J connectivity index is 2.13. The quantitative estimate of drug-likeness (QED) is 0.906. The molecule has 1 heterocycles. The van der Waals surface area contributed by atoms with E-state index in [0.717, 1.165) is 11.3 Å². The molecule has 0 radical (unpaired) electrons. The number of nitrogens with zero attached hydrogens (tertiary/aromatic N) is 2. The molecule has 0 bridgehead atoms. The second kappa shape index (κ2) is 6.41. The van der Waals surface area contributed by atoms with Crippen LogP contribution in [0.15, 0.2) is 34.9 Å². The van der Waals surface area contributed by atoms with Crippen LogP contribution >= 0.6 is 0 Å². The van der Waals surface area contributed by atoms with Gasteiger partial charge in [0.1, 0.15) is 5.76 Å². The first kappa shape index (κ1) is 15.1. The fraction of sp³-hybridized carbons (Fsp3) is 0.333. The predicted octanol–water partition coefficient (Wildman–Crippen LogP) is 2.49. The molecule has 0 aliphatic heterocycles. The molecule has 2 amide bonds.